The zero-order valence-electron chi connectivity index (χ0n) is 18.5. The van der Waals surface area contributed by atoms with Crippen LogP contribution in [0.15, 0.2) is 53.9 Å². The van der Waals surface area contributed by atoms with Gasteiger partial charge in [-0.05, 0) is 44.5 Å². The maximum atomic E-state index is 13.8. The van der Waals surface area contributed by atoms with E-state index in [-0.39, 0.29) is 11.9 Å². The molecule has 1 atom stereocenters. The fourth-order valence-electron chi connectivity index (χ4n) is 3.67. The highest BCUT2D eigenvalue weighted by Gasteiger charge is 2.42. The Kier molecular flexibility index (Phi) is 5.90. The molecule has 1 aliphatic rings. The Hall–Kier alpha value is -3.72. The van der Waals surface area contributed by atoms with Gasteiger partial charge in [0.1, 0.15) is 29.0 Å². The predicted molar refractivity (Wildman–Crippen MR) is 119 cm³/mol. The lowest BCUT2D eigenvalue weighted by Gasteiger charge is -2.23. The molecule has 0 saturated carbocycles. The average Bonchev–Trinajstić information content (AvgIpc) is 3.08. The third-order valence-electron chi connectivity index (χ3n) is 5.39. The van der Waals surface area contributed by atoms with Crippen molar-refractivity contribution in [1.82, 2.24) is 9.97 Å². The monoisotopic (exact) mass is 452 g/mol. The van der Waals surface area contributed by atoms with Gasteiger partial charge in [-0.3, -0.25) is 9.78 Å². The van der Waals surface area contributed by atoms with Gasteiger partial charge in [-0.25, -0.2) is 13.8 Å². The Labute approximate surface area is 189 Å². The molecule has 33 heavy (non-hydrogen) atoms. The summed E-state index contributed by atoms with van der Waals surface area (Å²) in [7, 11) is 1.61. The molecule has 0 bridgehead atoms. The first-order valence-corrected chi connectivity index (χ1v) is 10.2. The fourth-order valence-corrected chi connectivity index (χ4v) is 3.67. The van der Waals surface area contributed by atoms with Gasteiger partial charge in [0.25, 0.3) is 5.91 Å². The fraction of sp³-hybridized carbons (Fsp3) is 0.250. The quantitative estimate of drug-likeness (QED) is 0.616. The summed E-state index contributed by atoms with van der Waals surface area (Å²) >= 11 is 0. The average molecular weight is 452 g/mol. The maximum absolute atomic E-state index is 13.8. The number of oxime groups is 1. The van der Waals surface area contributed by atoms with E-state index in [4.69, 9.17) is 9.57 Å². The lowest BCUT2D eigenvalue weighted by molar-refractivity contribution is -0.0614. The van der Waals surface area contributed by atoms with Crippen molar-refractivity contribution >= 4 is 17.4 Å². The minimum absolute atomic E-state index is 0.0648. The van der Waals surface area contributed by atoms with Gasteiger partial charge >= 0.3 is 0 Å². The summed E-state index contributed by atoms with van der Waals surface area (Å²) in [4.78, 5) is 26.4. The van der Waals surface area contributed by atoms with Crippen molar-refractivity contribution in [1.29, 1.82) is 0 Å². The van der Waals surface area contributed by atoms with Crippen LogP contribution in [0.3, 0.4) is 0 Å². The van der Waals surface area contributed by atoms with E-state index in [9.17, 15) is 13.6 Å². The Bertz CT molecular complexity index is 1220. The second-order valence-corrected chi connectivity index (χ2v) is 8.15. The third kappa shape index (κ3) is 4.31. The van der Waals surface area contributed by atoms with Gasteiger partial charge in [-0.15, -0.1) is 0 Å². The van der Waals surface area contributed by atoms with E-state index < -0.39 is 28.7 Å². The van der Waals surface area contributed by atoms with Gasteiger partial charge in [0.15, 0.2) is 11.4 Å². The van der Waals surface area contributed by atoms with E-state index in [1.165, 1.54) is 18.5 Å². The number of aromatic nitrogens is 2. The zero-order chi connectivity index (χ0) is 23.8. The maximum Gasteiger partial charge on any atom is 0.262 e. The van der Waals surface area contributed by atoms with Gasteiger partial charge in [-0.1, -0.05) is 23.4 Å². The molecule has 1 aliphatic heterocycles. The molecule has 0 spiro atoms. The molecule has 1 amide bonds. The van der Waals surface area contributed by atoms with Crippen LogP contribution in [0.4, 0.5) is 14.6 Å². The Morgan fingerprint density at radius 1 is 1.12 bits per heavy atom. The smallest absolute Gasteiger partial charge is 0.262 e. The van der Waals surface area contributed by atoms with E-state index in [2.05, 4.69) is 20.4 Å². The lowest BCUT2D eigenvalue weighted by Crippen LogP contribution is -2.39. The molecule has 0 radical (unpaired) electrons. The van der Waals surface area contributed by atoms with Crippen LogP contribution in [0.1, 0.15) is 35.3 Å². The number of anilines is 1. The second kappa shape index (κ2) is 8.67. The van der Waals surface area contributed by atoms with Crippen molar-refractivity contribution < 1.29 is 23.1 Å². The van der Waals surface area contributed by atoms with Crippen LogP contribution in [-0.2, 0) is 9.57 Å². The molecule has 9 heteroatoms. The summed E-state index contributed by atoms with van der Waals surface area (Å²) in [6.07, 6.45) is 2.47. The minimum Gasteiger partial charge on any atom is -0.386 e. The first-order valence-electron chi connectivity index (χ1n) is 10.2. The highest BCUT2D eigenvalue weighted by molar-refractivity contribution is 6.06. The second-order valence-electron chi connectivity index (χ2n) is 8.15. The van der Waals surface area contributed by atoms with Crippen molar-refractivity contribution in [2.24, 2.45) is 5.16 Å². The van der Waals surface area contributed by atoms with Crippen molar-refractivity contribution in [3.05, 3.63) is 77.1 Å². The molecule has 7 nitrogen and oxygen atoms in total. The lowest BCUT2D eigenvalue weighted by atomic mass is 9.92. The number of hydrogen-bond donors (Lipinski definition) is 1. The van der Waals surface area contributed by atoms with Gasteiger partial charge in [0.2, 0.25) is 0 Å². The number of ether oxygens (including phenoxy) is 1. The van der Waals surface area contributed by atoms with E-state index in [1.807, 2.05) is 39.0 Å². The molecule has 1 aromatic heterocycles. The predicted octanol–water partition coefficient (Wildman–Crippen LogP) is 4.51. The van der Waals surface area contributed by atoms with Crippen LogP contribution < -0.4 is 5.32 Å². The van der Waals surface area contributed by atoms with Gasteiger partial charge in [0, 0.05) is 18.2 Å². The normalized spacial score (nSPS) is 16.8. The number of hydrogen-bond acceptors (Lipinski definition) is 6. The number of methoxy groups -OCH3 is 1. The van der Waals surface area contributed by atoms with Gasteiger partial charge in [-0.2, -0.15) is 0 Å². The molecule has 1 unspecified atom stereocenters. The third-order valence-corrected chi connectivity index (χ3v) is 5.39. The molecule has 4 rings (SSSR count). The van der Waals surface area contributed by atoms with Crippen LogP contribution >= 0.6 is 0 Å². The summed E-state index contributed by atoms with van der Waals surface area (Å²) in [5.41, 5.74) is 2.53. The van der Waals surface area contributed by atoms with Crippen LogP contribution in [0, 0.1) is 18.6 Å². The molecule has 3 aromatic rings. The van der Waals surface area contributed by atoms with Crippen LogP contribution in [-0.4, -0.2) is 40.4 Å². The summed E-state index contributed by atoms with van der Waals surface area (Å²) in [5, 5.41) is 6.58. The first kappa shape index (κ1) is 22.5. The Balaban J connectivity index is 1.58. The molecule has 0 saturated heterocycles. The number of carbonyl (C=O) groups is 1. The van der Waals surface area contributed by atoms with Crippen LogP contribution in [0.25, 0.3) is 11.3 Å². The van der Waals surface area contributed by atoms with Gasteiger partial charge in [0.05, 0.1) is 18.1 Å². The van der Waals surface area contributed by atoms with E-state index in [0.29, 0.717) is 11.4 Å². The molecular formula is C24H22F2N4O3. The number of benzene rings is 2. The van der Waals surface area contributed by atoms with E-state index >= 15 is 0 Å². The zero-order valence-corrected chi connectivity index (χ0v) is 18.5. The van der Waals surface area contributed by atoms with E-state index in [0.717, 1.165) is 28.8 Å². The standard InChI is InChI=1S/C24H22F2N4O3/c1-13-8-9-14(21-22(32-4)24(2,3)33-30-21)10-15(13)18-11-28-19(12-27-18)29-23(31)20-16(25)6-5-7-17(20)26/h5-12,22H,1-4H3,(H,28,29,31). The highest BCUT2D eigenvalue weighted by atomic mass is 19.1. The Morgan fingerprint density at radius 2 is 1.85 bits per heavy atom. The summed E-state index contributed by atoms with van der Waals surface area (Å²) in [6.45, 7) is 5.74. The van der Waals surface area contributed by atoms with Crippen molar-refractivity contribution in [3.63, 3.8) is 0 Å². The summed E-state index contributed by atoms with van der Waals surface area (Å²) in [5.74, 6) is -2.80. The van der Waals surface area contributed by atoms with Crippen molar-refractivity contribution in [2.75, 3.05) is 12.4 Å². The number of nitrogens with one attached hydrogen (secondary N) is 1. The number of rotatable bonds is 5. The molecule has 1 N–H and O–H groups in total. The van der Waals surface area contributed by atoms with Gasteiger partial charge < -0.3 is 14.9 Å². The molecule has 170 valence electrons. The SMILES string of the molecule is COC1C(c2ccc(C)c(-c3cnc(NC(=O)c4c(F)cccc4F)cn3)c2)=NOC1(C)C. The minimum atomic E-state index is -0.958. The number of amides is 1. The first-order chi connectivity index (χ1) is 15.7. The van der Waals surface area contributed by atoms with Crippen LogP contribution in [0.5, 0.6) is 0 Å². The molecule has 0 fully saturated rings. The largest absolute Gasteiger partial charge is 0.386 e. The van der Waals surface area contributed by atoms with Crippen LogP contribution in [0.2, 0.25) is 0 Å². The number of aryl methyl sites for hydroxylation is 1. The number of carbonyl (C=O) groups excluding carboxylic acids is 1. The molecule has 2 aromatic carbocycles. The number of halogens is 2. The highest BCUT2D eigenvalue weighted by Crippen LogP contribution is 2.31. The molecule has 2 heterocycles. The summed E-state index contributed by atoms with van der Waals surface area (Å²) < 4.78 is 33.3. The Morgan fingerprint density at radius 3 is 2.48 bits per heavy atom. The molecule has 0 aliphatic carbocycles. The van der Waals surface area contributed by atoms with Crippen molar-refractivity contribution in [2.45, 2.75) is 32.5 Å². The summed E-state index contributed by atoms with van der Waals surface area (Å²) in [6, 6.07) is 8.99. The molecular weight excluding hydrogens is 430 g/mol. The van der Waals surface area contributed by atoms with E-state index in [1.54, 1.807) is 7.11 Å². The number of nitrogens with zero attached hydrogens (tertiary/aromatic N) is 3. The van der Waals surface area contributed by atoms with Crippen molar-refractivity contribution in [3.8, 4) is 11.3 Å². The topological polar surface area (TPSA) is 85.7 Å².